The predicted molar refractivity (Wildman–Crippen MR) is 106 cm³/mol. The van der Waals surface area contributed by atoms with Crippen LogP contribution in [0, 0.1) is 5.82 Å². The van der Waals surface area contributed by atoms with Gasteiger partial charge in [-0.15, -0.1) is 0 Å². The second-order valence-electron chi connectivity index (χ2n) is 7.22. The van der Waals surface area contributed by atoms with Crippen molar-refractivity contribution in [3.05, 3.63) is 56.6 Å². The second-order valence-corrected chi connectivity index (χ2v) is 8.07. The van der Waals surface area contributed by atoms with Crippen LogP contribution in [0.1, 0.15) is 37.7 Å². The van der Waals surface area contributed by atoms with Gasteiger partial charge in [0.05, 0.1) is 23.2 Å². The van der Waals surface area contributed by atoms with Crippen molar-refractivity contribution in [1.29, 1.82) is 0 Å². The number of carbonyl (C=O) groups excluding carboxylic acids is 2. The highest BCUT2D eigenvalue weighted by Gasteiger charge is 2.44. The SMILES string of the molecule is CCOCCN1CC2=C(C1=O)[C@H](c1ccc(F)c(Br)c1)C1=C(CCCC1=O)N2. The standard InChI is InChI=1S/C21H22BrFN2O3/c1-2-28-9-8-25-11-16-20(21(25)27)18(12-6-7-14(23)13(22)10-12)19-15(24-16)4-3-5-17(19)26/h6-7,10,18,24H,2-5,8-9,11H2,1H3/t18-/m1/s1. The molecule has 0 aromatic heterocycles. The minimum atomic E-state index is -0.458. The molecule has 28 heavy (non-hydrogen) atoms. The third-order valence-corrected chi connectivity index (χ3v) is 6.12. The highest BCUT2D eigenvalue weighted by Crippen LogP contribution is 2.45. The van der Waals surface area contributed by atoms with E-state index in [0.29, 0.717) is 48.3 Å². The van der Waals surface area contributed by atoms with E-state index in [2.05, 4.69) is 21.2 Å². The van der Waals surface area contributed by atoms with Crippen molar-refractivity contribution in [1.82, 2.24) is 10.2 Å². The molecule has 7 heteroatoms. The topological polar surface area (TPSA) is 58.6 Å². The number of Topliss-reactive ketones (excluding diaryl/α,β-unsaturated/α-hetero) is 1. The fourth-order valence-corrected chi connectivity index (χ4v) is 4.63. The van der Waals surface area contributed by atoms with Gasteiger partial charge < -0.3 is 15.0 Å². The van der Waals surface area contributed by atoms with E-state index in [-0.39, 0.29) is 17.5 Å². The minimum Gasteiger partial charge on any atom is -0.380 e. The Balaban J connectivity index is 1.75. The molecule has 0 unspecified atom stereocenters. The maximum atomic E-state index is 13.8. The molecule has 148 valence electrons. The van der Waals surface area contributed by atoms with Gasteiger partial charge >= 0.3 is 0 Å². The summed E-state index contributed by atoms with van der Waals surface area (Å²) in [6.45, 7) is 3.97. The minimum absolute atomic E-state index is 0.0614. The van der Waals surface area contributed by atoms with E-state index in [9.17, 15) is 14.0 Å². The molecule has 4 rings (SSSR count). The molecule has 0 radical (unpaired) electrons. The molecule has 1 amide bonds. The molecule has 0 fully saturated rings. The first-order valence-corrected chi connectivity index (χ1v) is 10.4. The van der Waals surface area contributed by atoms with E-state index in [0.717, 1.165) is 29.8 Å². The maximum absolute atomic E-state index is 13.8. The Morgan fingerprint density at radius 1 is 1.25 bits per heavy atom. The Labute approximate surface area is 171 Å². The van der Waals surface area contributed by atoms with Gasteiger partial charge in [-0.1, -0.05) is 6.07 Å². The van der Waals surface area contributed by atoms with Crippen LogP contribution >= 0.6 is 15.9 Å². The van der Waals surface area contributed by atoms with Gasteiger partial charge in [-0.05, 0) is 53.4 Å². The first-order valence-electron chi connectivity index (χ1n) is 9.59. The first-order chi connectivity index (χ1) is 13.5. The molecule has 0 spiro atoms. The van der Waals surface area contributed by atoms with E-state index in [1.807, 2.05) is 6.92 Å². The van der Waals surface area contributed by atoms with Gasteiger partial charge in [0.25, 0.3) is 5.91 Å². The van der Waals surface area contributed by atoms with E-state index in [4.69, 9.17) is 4.74 Å². The van der Waals surface area contributed by atoms with E-state index in [1.54, 1.807) is 17.0 Å². The third-order valence-electron chi connectivity index (χ3n) is 5.51. The molecule has 1 aromatic rings. The van der Waals surface area contributed by atoms with Crippen LogP contribution in [0.25, 0.3) is 0 Å². The molecule has 1 aliphatic carbocycles. The lowest BCUT2D eigenvalue weighted by Gasteiger charge is -2.32. The molecule has 1 aromatic carbocycles. The van der Waals surface area contributed by atoms with Crippen LogP contribution in [-0.4, -0.2) is 42.9 Å². The van der Waals surface area contributed by atoms with E-state index in [1.165, 1.54) is 6.07 Å². The molecule has 0 bridgehead atoms. The summed E-state index contributed by atoms with van der Waals surface area (Å²) in [5.41, 5.74) is 3.76. The van der Waals surface area contributed by atoms with Crippen molar-refractivity contribution >= 4 is 27.6 Å². The maximum Gasteiger partial charge on any atom is 0.253 e. The van der Waals surface area contributed by atoms with Gasteiger partial charge in [-0.25, -0.2) is 4.39 Å². The number of allylic oxidation sites excluding steroid dienone is 2. The third kappa shape index (κ3) is 3.31. The molecule has 2 aliphatic heterocycles. The Bertz CT molecular complexity index is 909. The van der Waals surface area contributed by atoms with Crippen molar-refractivity contribution < 1.29 is 18.7 Å². The van der Waals surface area contributed by atoms with Crippen LogP contribution in [0.4, 0.5) is 4.39 Å². The highest BCUT2D eigenvalue weighted by atomic mass is 79.9. The quantitative estimate of drug-likeness (QED) is 0.701. The Morgan fingerprint density at radius 3 is 2.82 bits per heavy atom. The zero-order chi connectivity index (χ0) is 19.8. The number of halogens is 2. The first kappa shape index (κ1) is 19.3. The Kier molecular flexibility index (Phi) is 5.38. The second kappa shape index (κ2) is 7.79. The highest BCUT2D eigenvalue weighted by molar-refractivity contribution is 9.10. The summed E-state index contributed by atoms with van der Waals surface area (Å²) in [6, 6.07) is 4.73. The van der Waals surface area contributed by atoms with Crippen LogP contribution in [0.5, 0.6) is 0 Å². The number of hydrogen-bond acceptors (Lipinski definition) is 4. The number of amides is 1. The Morgan fingerprint density at radius 2 is 2.07 bits per heavy atom. The number of ether oxygens (including phenoxy) is 1. The number of dihydropyridines is 1. The normalized spacial score (nSPS) is 21.8. The molecule has 1 atom stereocenters. The number of rotatable bonds is 5. The zero-order valence-electron chi connectivity index (χ0n) is 15.7. The fraction of sp³-hybridized carbons (Fsp3) is 0.429. The molecule has 5 nitrogen and oxygen atoms in total. The number of nitrogens with one attached hydrogen (secondary N) is 1. The summed E-state index contributed by atoms with van der Waals surface area (Å²) in [4.78, 5) is 27.8. The summed E-state index contributed by atoms with van der Waals surface area (Å²) in [5, 5.41) is 3.37. The number of nitrogens with zero attached hydrogens (tertiary/aromatic N) is 1. The van der Waals surface area contributed by atoms with Crippen molar-refractivity contribution in [3.8, 4) is 0 Å². The lowest BCUT2D eigenvalue weighted by Crippen LogP contribution is -2.33. The van der Waals surface area contributed by atoms with Crippen molar-refractivity contribution in [2.24, 2.45) is 0 Å². The summed E-state index contributed by atoms with van der Waals surface area (Å²) in [5.74, 6) is -0.850. The molecule has 0 saturated carbocycles. The van der Waals surface area contributed by atoms with Gasteiger partial charge in [-0.2, -0.15) is 0 Å². The van der Waals surface area contributed by atoms with E-state index < -0.39 is 5.92 Å². The molecular weight excluding hydrogens is 427 g/mol. The Hall–Kier alpha value is -1.99. The smallest absolute Gasteiger partial charge is 0.253 e. The van der Waals surface area contributed by atoms with Gasteiger partial charge in [0.1, 0.15) is 5.82 Å². The number of carbonyl (C=O) groups is 2. The van der Waals surface area contributed by atoms with Crippen molar-refractivity contribution in [2.45, 2.75) is 32.1 Å². The van der Waals surface area contributed by atoms with Crippen LogP contribution in [0.2, 0.25) is 0 Å². The van der Waals surface area contributed by atoms with Crippen molar-refractivity contribution in [2.75, 3.05) is 26.3 Å². The molecule has 2 heterocycles. The monoisotopic (exact) mass is 448 g/mol. The molecular formula is C21H22BrFN2O3. The average molecular weight is 449 g/mol. The summed E-state index contributed by atoms with van der Waals surface area (Å²) < 4.78 is 19.5. The van der Waals surface area contributed by atoms with E-state index >= 15 is 0 Å². The summed E-state index contributed by atoms with van der Waals surface area (Å²) in [7, 11) is 0. The largest absolute Gasteiger partial charge is 0.380 e. The summed E-state index contributed by atoms with van der Waals surface area (Å²) >= 11 is 3.24. The lowest BCUT2D eigenvalue weighted by molar-refractivity contribution is -0.126. The number of hydrogen-bond donors (Lipinski definition) is 1. The molecule has 3 aliphatic rings. The van der Waals surface area contributed by atoms with Gasteiger partial charge in [0.2, 0.25) is 0 Å². The van der Waals surface area contributed by atoms with Crippen molar-refractivity contribution in [3.63, 3.8) is 0 Å². The number of ketones is 1. The fourth-order valence-electron chi connectivity index (χ4n) is 4.23. The van der Waals surface area contributed by atoms with Crippen LogP contribution in [-0.2, 0) is 14.3 Å². The summed E-state index contributed by atoms with van der Waals surface area (Å²) in [6.07, 6.45) is 2.06. The molecule has 1 N–H and O–H groups in total. The van der Waals surface area contributed by atoms with Gasteiger partial charge in [0.15, 0.2) is 5.78 Å². The van der Waals surface area contributed by atoms with Crippen LogP contribution in [0.3, 0.4) is 0 Å². The van der Waals surface area contributed by atoms with Gasteiger partial charge in [0, 0.05) is 42.5 Å². The van der Waals surface area contributed by atoms with Crippen LogP contribution in [0.15, 0.2) is 45.2 Å². The lowest BCUT2D eigenvalue weighted by atomic mass is 9.75. The predicted octanol–water partition coefficient (Wildman–Crippen LogP) is 3.41. The number of benzene rings is 1. The molecule has 0 saturated heterocycles. The van der Waals surface area contributed by atoms with Gasteiger partial charge in [-0.3, -0.25) is 9.59 Å². The average Bonchev–Trinajstić information content (AvgIpc) is 2.98. The van der Waals surface area contributed by atoms with Crippen LogP contribution < -0.4 is 5.32 Å². The zero-order valence-corrected chi connectivity index (χ0v) is 17.3.